The predicted octanol–water partition coefficient (Wildman–Crippen LogP) is 5.06. The summed E-state index contributed by atoms with van der Waals surface area (Å²) in [6.07, 6.45) is 9.08. The number of amidine groups is 1. The second-order valence-electron chi connectivity index (χ2n) is 10.1. The van der Waals surface area contributed by atoms with E-state index in [9.17, 15) is 9.59 Å². The molecule has 7 nitrogen and oxygen atoms in total. The van der Waals surface area contributed by atoms with Crippen LogP contribution in [0.5, 0.6) is 5.75 Å². The van der Waals surface area contributed by atoms with Gasteiger partial charge in [-0.1, -0.05) is 49.6 Å². The second kappa shape index (κ2) is 12.1. The number of nitrogens with one attached hydrogen (secondary N) is 2. The molecule has 2 aromatic carbocycles. The van der Waals surface area contributed by atoms with E-state index in [2.05, 4.69) is 5.32 Å². The number of esters is 1. The van der Waals surface area contributed by atoms with Crippen molar-refractivity contribution in [2.75, 3.05) is 13.7 Å². The monoisotopic (exact) mass is 491 g/mol. The van der Waals surface area contributed by atoms with Gasteiger partial charge in [0.25, 0.3) is 5.91 Å². The number of methoxy groups -OCH3 is 1. The molecular formula is C29H37N3O4. The van der Waals surface area contributed by atoms with Crippen molar-refractivity contribution in [1.29, 1.82) is 5.41 Å². The average molecular weight is 492 g/mol. The van der Waals surface area contributed by atoms with Crippen LogP contribution in [0.4, 0.5) is 0 Å². The third kappa shape index (κ3) is 6.45. The highest BCUT2D eigenvalue weighted by molar-refractivity contribution is 5.99. The smallest absolute Gasteiger partial charge is 0.308 e. The van der Waals surface area contributed by atoms with Gasteiger partial charge in [-0.15, -0.1) is 0 Å². The molecule has 2 fully saturated rings. The quantitative estimate of drug-likeness (QED) is 0.271. The van der Waals surface area contributed by atoms with Crippen molar-refractivity contribution in [1.82, 2.24) is 5.32 Å². The highest BCUT2D eigenvalue weighted by atomic mass is 16.5. The molecule has 0 atom stereocenters. The zero-order chi connectivity index (χ0) is 25.5. The first kappa shape index (κ1) is 25.7. The third-order valence-electron chi connectivity index (χ3n) is 7.56. The summed E-state index contributed by atoms with van der Waals surface area (Å²) in [6, 6.07) is 12.9. The van der Waals surface area contributed by atoms with E-state index in [1.54, 1.807) is 25.3 Å². The molecule has 0 unspecified atom stereocenters. The maximum Gasteiger partial charge on any atom is 0.308 e. The van der Waals surface area contributed by atoms with Crippen LogP contribution in [0.1, 0.15) is 73.7 Å². The maximum absolute atomic E-state index is 13.2. The fraction of sp³-hybridized carbons (Fsp3) is 0.483. The first-order chi connectivity index (χ1) is 17.4. The lowest BCUT2D eigenvalue weighted by Gasteiger charge is -2.29. The summed E-state index contributed by atoms with van der Waals surface area (Å²) >= 11 is 0. The maximum atomic E-state index is 13.2. The van der Waals surface area contributed by atoms with Gasteiger partial charge in [0, 0.05) is 11.6 Å². The molecule has 1 amide bonds. The van der Waals surface area contributed by atoms with E-state index in [-0.39, 0.29) is 29.7 Å². The van der Waals surface area contributed by atoms with Crippen LogP contribution in [0.2, 0.25) is 0 Å². The van der Waals surface area contributed by atoms with Crippen molar-refractivity contribution >= 4 is 17.7 Å². The molecule has 2 aliphatic rings. The van der Waals surface area contributed by atoms with Gasteiger partial charge in [0.15, 0.2) is 0 Å². The SMILES string of the molecule is COc1ccc(-c2ccc(C(=N)N)cc2)cc1C(=O)NC1CCC(C(=O)OCC2CCCCC2)CC1. The summed E-state index contributed by atoms with van der Waals surface area (Å²) in [5, 5.41) is 10.7. The molecule has 36 heavy (non-hydrogen) atoms. The van der Waals surface area contributed by atoms with Crippen LogP contribution in [0.25, 0.3) is 11.1 Å². The number of hydrogen-bond donors (Lipinski definition) is 3. The van der Waals surface area contributed by atoms with Crippen LogP contribution in [0.15, 0.2) is 42.5 Å². The Morgan fingerprint density at radius 2 is 1.61 bits per heavy atom. The first-order valence-corrected chi connectivity index (χ1v) is 13.0. The molecule has 2 aromatic rings. The van der Waals surface area contributed by atoms with Crippen molar-refractivity contribution in [2.24, 2.45) is 17.6 Å². The molecule has 4 N–H and O–H groups in total. The van der Waals surface area contributed by atoms with Gasteiger partial charge in [-0.05, 0) is 67.7 Å². The highest BCUT2D eigenvalue weighted by Gasteiger charge is 2.29. The Kier molecular flexibility index (Phi) is 8.62. The van der Waals surface area contributed by atoms with E-state index in [4.69, 9.17) is 20.6 Å². The van der Waals surface area contributed by atoms with E-state index < -0.39 is 0 Å². The fourth-order valence-corrected chi connectivity index (χ4v) is 5.32. The number of hydrogen-bond acceptors (Lipinski definition) is 5. The van der Waals surface area contributed by atoms with E-state index in [0.29, 0.717) is 29.4 Å². The van der Waals surface area contributed by atoms with E-state index in [0.717, 1.165) is 36.8 Å². The molecule has 0 radical (unpaired) electrons. The molecule has 192 valence electrons. The molecule has 0 spiro atoms. The Labute approximate surface area is 213 Å². The number of nitrogen functional groups attached to an aromatic ring is 1. The third-order valence-corrected chi connectivity index (χ3v) is 7.56. The Morgan fingerprint density at radius 3 is 2.25 bits per heavy atom. The van der Waals surface area contributed by atoms with Crippen molar-refractivity contribution in [3.63, 3.8) is 0 Å². The van der Waals surface area contributed by atoms with Gasteiger partial charge in [0.1, 0.15) is 11.6 Å². The first-order valence-electron chi connectivity index (χ1n) is 13.0. The molecule has 0 heterocycles. The zero-order valence-corrected chi connectivity index (χ0v) is 21.1. The standard InChI is InChI=1S/C29H37N3O4/c1-35-26-16-13-23(20-7-9-21(10-8-20)27(30)31)17-25(26)28(33)32-24-14-11-22(12-15-24)29(34)36-18-19-5-3-2-4-6-19/h7-10,13,16-17,19,22,24H,2-6,11-12,14-15,18H2,1H3,(H3,30,31)(H,32,33). The van der Waals surface area contributed by atoms with Gasteiger partial charge in [0.05, 0.1) is 25.2 Å². The second-order valence-corrected chi connectivity index (χ2v) is 10.1. The molecule has 0 bridgehead atoms. The lowest BCUT2D eigenvalue weighted by Crippen LogP contribution is -2.39. The van der Waals surface area contributed by atoms with Crippen molar-refractivity contribution in [2.45, 2.75) is 63.8 Å². The minimum absolute atomic E-state index is 0.0168. The van der Waals surface area contributed by atoms with E-state index >= 15 is 0 Å². The molecule has 0 aliphatic heterocycles. The number of carbonyl (C=O) groups excluding carboxylic acids is 2. The minimum atomic E-state index is -0.183. The topological polar surface area (TPSA) is 114 Å². The van der Waals surface area contributed by atoms with Gasteiger partial charge < -0.3 is 20.5 Å². The summed E-state index contributed by atoms with van der Waals surface area (Å²) in [6.45, 7) is 0.559. The minimum Gasteiger partial charge on any atom is -0.496 e. The van der Waals surface area contributed by atoms with Gasteiger partial charge in [-0.2, -0.15) is 0 Å². The number of benzene rings is 2. The van der Waals surface area contributed by atoms with Gasteiger partial charge >= 0.3 is 5.97 Å². The van der Waals surface area contributed by atoms with Crippen molar-refractivity contribution in [3.8, 4) is 16.9 Å². The van der Waals surface area contributed by atoms with Crippen LogP contribution >= 0.6 is 0 Å². The molecule has 2 aliphatic carbocycles. The zero-order valence-electron chi connectivity index (χ0n) is 21.1. The summed E-state index contributed by atoms with van der Waals surface area (Å²) < 4.78 is 11.1. The molecule has 7 heteroatoms. The van der Waals surface area contributed by atoms with Crippen LogP contribution in [0, 0.1) is 17.2 Å². The van der Waals surface area contributed by atoms with Gasteiger partial charge in [-0.3, -0.25) is 15.0 Å². The average Bonchev–Trinajstić information content (AvgIpc) is 2.92. The molecule has 0 aromatic heterocycles. The van der Waals surface area contributed by atoms with Gasteiger partial charge in [-0.25, -0.2) is 0 Å². The molecular weight excluding hydrogens is 454 g/mol. The number of carbonyl (C=O) groups is 2. The predicted molar refractivity (Wildman–Crippen MR) is 140 cm³/mol. The fourth-order valence-electron chi connectivity index (χ4n) is 5.32. The Balaban J connectivity index is 1.33. The normalized spacial score (nSPS) is 20.4. The Hall–Kier alpha value is -3.35. The highest BCUT2D eigenvalue weighted by Crippen LogP contribution is 2.30. The lowest BCUT2D eigenvalue weighted by atomic mass is 9.85. The number of nitrogens with two attached hydrogens (primary N) is 1. The number of rotatable bonds is 8. The summed E-state index contributed by atoms with van der Waals surface area (Å²) in [5.41, 5.74) is 8.47. The van der Waals surface area contributed by atoms with Crippen LogP contribution in [0.3, 0.4) is 0 Å². The molecule has 0 saturated heterocycles. The van der Waals surface area contributed by atoms with Crippen molar-refractivity contribution in [3.05, 3.63) is 53.6 Å². The van der Waals surface area contributed by atoms with E-state index in [1.807, 2.05) is 24.3 Å². The molecule has 2 saturated carbocycles. The van der Waals surface area contributed by atoms with Crippen LogP contribution < -0.4 is 15.8 Å². The van der Waals surface area contributed by atoms with Crippen LogP contribution in [-0.2, 0) is 9.53 Å². The number of amides is 1. The summed E-state index contributed by atoms with van der Waals surface area (Å²) in [5.74, 6) is 0.724. The number of ether oxygens (including phenoxy) is 2. The molecule has 4 rings (SSSR count). The Bertz CT molecular complexity index is 1070. The van der Waals surface area contributed by atoms with Crippen LogP contribution in [-0.4, -0.2) is 37.5 Å². The summed E-state index contributed by atoms with van der Waals surface area (Å²) in [4.78, 5) is 25.7. The van der Waals surface area contributed by atoms with Crippen molar-refractivity contribution < 1.29 is 19.1 Å². The summed E-state index contributed by atoms with van der Waals surface area (Å²) in [7, 11) is 1.55. The van der Waals surface area contributed by atoms with E-state index in [1.165, 1.54) is 32.1 Å². The lowest BCUT2D eigenvalue weighted by molar-refractivity contribution is -0.151. The van der Waals surface area contributed by atoms with Gasteiger partial charge in [0.2, 0.25) is 0 Å². The Morgan fingerprint density at radius 1 is 0.944 bits per heavy atom. The largest absolute Gasteiger partial charge is 0.496 e.